The number of hydrogen-bond acceptors (Lipinski definition) is 3. The molecule has 18 heavy (non-hydrogen) atoms. The van der Waals surface area contributed by atoms with Gasteiger partial charge in [-0.05, 0) is 30.2 Å². The number of phenols is 1. The molecule has 0 aliphatic heterocycles. The lowest BCUT2D eigenvalue weighted by Gasteiger charge is -2.09. The highest BCUT2D eigenvalue weighted by Crippen LogP contribution is 2.34. The van der Waals surface area contributed by atoms with E-state index in [1.54, 1.807) is 25.1 Å². The van der Waals surface area contributed by atoms with Gasteiger partial charge in [0.2, 0.25) is 0 Å². The number of carbonyl (C=O) groups is 1. The SMILES string of the molecule is CC(=O)Cc1cccc(-c2c(N)cccc2O)c1. The number of Topliss-reactive ketones (excluding diaryl/α,β-unsaturated/α-hetero) is 1. The van der Waals surface area contributed by atoms with Gasteiger partial charge in [0.1, 0.15) is 11.5 Å². The summed E-state index contributed by atoms with van der Waals surface area (Å²) in [7, 11) is 0. The maximum atomic E-state index is 11.1. The molecule has 3 heteroatoms. The number of ketones is 1. The van der Waals surface area contributed by atoms with Gasteiger partial charge in [-0.3, -0.25) is 4.79 Å². The molecule has 2 rings (SSSR count). The van der Waals surface area contributed by atoms with Crippen molar-refractivity contribution in [3.63, 3.8) is 0 Å². The smallest absolute Gasteiger partial charge is 0.134 e. The Hall–Kier alpha value is -2.29. The van der Waals surface area contributed by atoms with Crippen LogP contribution in [0.4, 0.5) is 5.69 Å². The molecule has 0 unspecified atom stereocenters. The van der Waals surface area contributed by atoms with E-state index >= 15 is 0 Å². The van der Waals surface area contributed by atoms with Crippen LogP contribution in [-0.2, 0) is 11.2 Å². The van der Waals surface area contributed by atoms with Gasteiger partial charge in [-0.25, -0.2) is 0 Å². The quantitative estimate of drug-likeness (QED) is 0.812. The van der Waals surface area contributed by atoms with Gasteiger partial charge in [-0.15, -0.1) is 0 Å². The summed E-state index contributed by atoms with van der Waals surface area (Å²) >= 11 is 0. The Labute approximate surface area is 106 Å². The van der Waals surface area contributed by atoms with Crippen molar-refractivity contribution in [2.75, 3.05) is 5.73 Å². The minimum absolute atomic E-state index is 0.109. The summed E-state index contributed by atoms with van der Waals surface area (Å²) in [5.74, 6) is 0.257. The molecule has 2 aromatic carbocycles. The fraction of sp³-hybridized carbons (Fsp3) is 0.133. The van der Waals surface area contributed by atoms with Crippen molar-refractivity contribution in [3.8, 4) is 16.9 Å². The average molecular weight is 241 g/mol. The Morgan fingerprint density at radius 2 is 1.94 bits per heavy atom. The minimum atomic E-state index is 0.109. The first kappa shape index (κ1) is 12.2. The molecule has 0 fully saturated rings. The van der Waals surface area contributed by atoms with Crippen LogP contribution in [0, 0.1) is 0 Å². The van der Waals surface area contributed by atoms with E-state index < -0.39 is 0 Å². The second-order valence-electron chi connectivity index (χ2n) is 4.32. The van der Waals surface area contributed by atoms with E-state index in [4.69, 9.17) is 5.73 Å². The predicted molar refractivity (Wildman–Crippen MR) is 72.3 cm³/mol. The second-order valence-corrected chi connectivity index (χ2v) is 4.32. The molecule has 0 aliphatic rings. The van der Waals surface area contributed by atoms with Crippen LogP contribution in [0.3, 0.4) is 0 Å². The van der Waals surface area contributed by atoms with Gasteiger partial charge in [0.25, 0.3) is 0 Å². The molecular weight excluding hydrogens is 226 g/mol. The zero-order valence-electron chi connectivity index (χ0n) is 10.2. The van der Waals surface area contributed by atoms with Gasteiger partial charge in [-0.1, -0.05) is 30.3 Å². The van der Waals surface area contributed by atoms with E-state index in [1.807, 2.05) is 24.3 Å². The van der Waals surface area contributed by atoms with Crippen molar-refractivity contribution in [1.82, 2.24) is 0 Å². The molecule has 0 saturated heterocycles. The predicted octanol–water partition coefficient (Wildman–Crippen LogP) is 2.77. The second kappa shape index (κ2) is 4.92. The fourth-order valence-electron chi connectivity index (χ4n) is 2.00. The molecule has 0 aromatic heterocycles. The summed E-state index contributed by atoms with van der Waals surface area (Å²) in [5.41, 5.74) is 8.76. The largest absolute Gasteiger partial charge is 0.507 e. The number of aromatic hydroxyl groups is 1. The van der Waals surface area contributed by atoms with E-state index in [-0.39, 0.29) is 11.5 Å². The lowest BCUT2D eigenvalue weighted by atomic mass is 9.99. The van der Waals surface area contributed by atoms with Gasteiger partial charge >= 0.3 is 0 Å². The van der Waals surface area contributed by atoms with Crippen LogP contribution in [0.25, 0.3) is 11.1 Å². The number of nitrogens with two attached hydrogens (primary N) is 1. The normalized spacial score (nSPS) is 10.3. The highest BCUT2D eigenvalue weighted by Gasteiger charge is 2.09. The number of rotatable bonds is 3. The highest BCUT2D eigenvalue weighted by atomic mass is 16.3. The van der Waals surface area contributed by atoms with Crippen molar-refractivity contribution >= 4 is 11.5 Å². The Bertz CT molecular complexity index is 571. The summed E-state index contributed by atoms with van der Waals surface area (Å²) in [4.78, 5) is 11.1. The van der Waals surface area contributed by atoms with Crippen LogP contribution >= 0.6 is 0 Å². The third kappa shape index (κ3) is 2.51. The molecule has 0 radical (unpaired) electrons. The van der Waals surface area contributed by atoms with Crippen LogP contribution in [0.2, 0.25) is 0 Å². The number of benzene rings is 2. The molecule has 0 amide bonds. The van der Waals surface area contributed by atoms with Gasteiger partial charge in [0.15, 0.2) is 0 Å². The first-order valence-electron chi connectivity index (χ1n) is 5.74. The summed E-state index contributed by atoms with van der Waals surface area (Å²) < 4.78 is 0. The number of nitrogen functional groups attached to an aromatic ring is 1. The van der Waals surface area contributed by atoms with E-state index in [0.717, 1.165) is 11.1 Å². The van der Waals surface area contributed by atoms with Crippen molar-refractivity contribution < 1.29 is 9.90 Å². The maximum Gasteiger partial charge on any atom is 0.134 e. The lowest BCUT2D eigenvalue weighted by Crippen LogP contribution is -1.97. The maximum absolute atomic E-state index is 11.1. The number of phenolic OH excluding ortho intramolecular Hbond substituents is 1. The molecule has 0 bridgehead atoms. The molecule has 3 nitrogen and oxygen atoms in total. The third-order valence-corrected chi connectivity index (χ3v) is 2.74. The number of hydrogen-bond donors (Lipinski definition) is 2. The van der Waals surface area contributed by atoms with Gasteiger partial charge in [-0.2, -0.15) is 0 Å². The first-order valence-corrected chi connectivity index (χ1v) is 5.74. The number of anilines is 1. The summed E-state index contributed by atoms with van der Waals surface area (Å²) in [5, 5.41) is 9.87. The standard InChI is InChI=1S/C15H15NO2/c1-10(17)8-11-4-2-5-12(9-11)15-13(16)6-3-7-14(15)18/h2-7,9,18H,8,16H2,1H3. The van der Waals surface area contributed by atoms with Crippen molar-refractivity contribution in [1.29, 1.82) is 0 Å². The Kier molecular flexibility index (Phi) is 3.33. The zero-order valence-corrected chi connectivity index (χ0v) is 10.2. The van der Waals surface area contributed by atoms with Crippen LogP contribution < -0.4 is 5.73 Å². The van der Waals surface area contributed by atoms with Crippen molar-refractivity contribution in [3.05, 3.63) is 48.0 Å². The van der Waals surface area contributed by atoms with E-state index in [0.29, 0.717) is 17.7 Å². The summed E-state index contributed by atoms with van der Waals surface area (Å²) in [6.07, 6.45) is 0.390. The highest BCUT2D eigenvalue weighted by molar-refractivity contribution is 5.83. The molecule has 0 atom stereocenters. The van der Waals surface area contributed by atoms with E-state index in [2.05, 4.69) is 0 Å². The summed E-state index contributed by atoms with van der Waals surface area (Å²) in [6, 6.07) is 12.5. The average Bonchev–Trinajstić information content (AvgIpc) is 2.28. The minimum Gasteiger partial charge on any atom is -0.507 e. The molecule has 92 valence electrons. The summed E-state index contributed by atoms with van der Waals surface area (Å²) in [6.45, 7) is 1.56. The Balaban J connectivity index is 2.48. The molecule has 0 aliphatic carbocycles. The zero-order chi connectivity index (χ0) is 13.1. The topological polar surface area (TPSA) is 63.3 Å². The van der Waals surface area contributed by atoms with Crippen molar-refractivity contribution in [2.45, 2.75) is 13.3 Å². The van der Waals surface area contributed by atoms with Crippen LogP contribution in [0.5, 0.6) is 5.75 Å². The molecule has 2 aromatic rings. The van der Waals surface area contributed by atoms with Crippen molar-refractivity contribution in [2.24, 2.45) is 0 Å². The van der Waals surface area contributed by atoms with Crippen LogP contribution in [0.1, 0.15) is 12.5 Å². The van der Waals surface area contributed by atoms with Gasteiger partial charge in [0.05, 0.1) is 0 Å². The molecule has 0 spiro atoms. The molecule has 0 saturated carbocycles. The number of carbonyl (C=O) groups excluding carboxylic acids is 1. The Morgan fingerprint density at radius 1 is 1.22 bits per heavy atom. The van der Waals surface area contributed by atoms with E-state index in [1.165, 1.54) is 0 Å². The fourth-order valence-corrected chi connectivity index (χ4v) is 2.00. The monoisotopic (exact) mass is 241 g/mol. The van der Waals surface area contributed by atoms with E-state index in [9.17, 15) is 9.90 Å². The first-order chi connectivity index (χ1) is 8.58. The van der Waals surface area contributed by atoms with Gasteiger partial charge in [0, 0.05) is 17.7 Å². The lowest BCUT2D eigenvalue weighted by molar-refractivity contribution is -0.116. The Morgan fingerprint density at radius 3 is 2.61 bits per heavy atom. The van der Waals surface area contributed by atoms with Crippen LogP contribution in [0.15, 0.2) is 42.5 Å². The molecule has 3 N–H and O–H groups in total. The third-order valence-electron chi connectivity index (χ3n) is 2.74. The van der Waals surface area contributed by atoms with Crippen LogP contribution in [-0.4, -0.2) is 10.9 Å². The van der Waals surface area contributed by atoms with Gasteiger partial charge < -0.3 is 10.8 Å². The molecule has 0 heterocycles. The molecular formula is C15H15NO2.